The van der Waals surface area contributed by atoms with Gasteiger partial charge in [-0.3, -0.25) is 0 Å². The van der Waals surface area contributed by atoms with E-state index in [-0.39, 0.29) is 5.41 Å². The zero-order valence-electron chi connectivity index (χ0n) is 15.6. The van der Waals surface area contributed by atoms with Crippen LogP contribution in [-0.2, 0) is 9.84 Å². The summed E-state index contributed by atoms with van der Waals surface area (Å²) in [5, 5.41) is 0.298. The van der Waals surface area contributed by atoms with E-state index in [1.165, 1.54) is 5.56 Å². The van der Waals surface area contributed by atoms with Crippen LogP contribution in [0.25, 0.3) is 0 Å². The Labute approximate surface area is 138 Å². The van der Waals surface area contributed by atoms with Gasteiger partial charge in [-0.15, -0.1) is 0 Å². The van der Waals surface area contributed by atoms with Gasteiger partial charge in [-0.1, -0.05) is 77.1 Å². The number of hydrogen-bond acceptors (Lipinski definition) is 1. The molecule has 0 aliphatic carbocycles. The Balaban J connectivity index is 2.39. The molecule has 0 atom stereocenters. The first-order valence-electron chi connectivity index (χ1n) is 8.41. The predicted molar refractivity (Wildman–Crippen MR) is 101 cm³/mol. The zero-order valence-corrected chi connectivity index (χ0v) is 16.6. The second-order valence-electron chi connectivity index (χ2n) is 8.32. The molecule has 0 amide bonds. The third-order valence-corrected chi connectivity index (χ3v) is 9.44. The van der Waals surface area contributed by atoms with Gasteiger partial charge in [0.1, 0.15) is 0 Å². The Bertz CT molecular complexity index is 466. The third-order valence-electron chi connectivity index (χ3n) is 4.90. The molecule has 2 heteroatoms. The summed E-state index contributed by atoms with van der Waals surface area (Å²) in [6.07, 6.45) is 6.66. The fourth-order valence-electron chi connectivity index (χ4n) is 2.10. The smallest absolute Gasteiger partial charge is 0.191 e. The van der Waals surface area contributed by atoms with E-state index in [0.29, 0.717) is 5.04 Å². The van der Waals surface area contributed by atoms with Crippen molar-refractivity contribution in [1.29, 1.82) is 0 Å². The van der Waals surface area contributed by atoms with E-state index in [2.05, 4.69) is 90.2 Å². The molecule has 0 heterocycles. The van der Waals surface area contributed by atoms with E-state index in [9.17, 15) is 0 Å². The van der Waals surface area contributed by atoms with Crippen molar-refractivity contribution >= 4 is 8.32 Å². The van der Waals surface area contributed by atoms with Gasteiger partial charge in [0.25, 0.3) is 0 Å². The maximum absolute atomic E-state index is 6.20. The number of benzene rings is 1. The first kappa shape index (κ1) is 19.2. The molecule has 0 unspecified atom stereocenters. The van der Waals surface area contributed by atoms with Crippen molar-refractivity contribution in [2.45, 2.75) is 71.0 Å². The largest absolute Gasteiger partial charge is 0.417 e. The van der Waals surface area contributed by atoms with Crippen LogP contribution in [0.5, 0.6) is 0 Å². The lowest BCUT2D eigenvalue weighted by Crippen LogP contribution is -2.40. The van der Waals surface area contributed by atoms with Crippen molar-refractivity contribution < 1.29 is 4.43 Å². The highest BCUT2D eigenvalue weighted by molar-refractivity contribution is 6.74. The molecular weight excluding hydrogens is 284 g/mol. The summed E-state index contributed by atoms with van der Waals surface area (Å²) in [5.74, 6) is 0. The average molecular weight is 319 g/mol. The summed E-state index contributed by atoms with van der Waals surface area (Å²) in [5.41, 5.74) is 1.59. The topological polar surface area (TPSA) is 9.23 Å². The van der Waals surface area contributed by atoms with Gasteiger partial charge in [0.15, 0.2) is 8.32 Å². The summed E-state index contributed by atoms with van der Waals surface area (Å²) in [6, 6.07) is 10.7. The van der Waals surface area contributed by atoms with Gasteiger partial charge in [-0.05, 0) is 42.0 Å². The molecule has 0 aromatic heterocycles. The molecule has 0 N–H and O–H groups in total. The van der Waals surface area contributed by atoms with Gasteiger partial charge in [0, 0.05) is 6.61 Å². The summed E-state index contributed by atoms with van der Waals surface area (Å²) in [7, 11) is -1.59. The molecule has 0 fully saturated rings. The van der Waals surface area contributed by atoms with Crippen LogP contribution in [0.1, 0.15) is 53.0 Å². The lowest BCUT2D eigenvalue weighted by molar-refractivity contribution is 0.294. The van der Waals surface area contributed by atoms with Crippen molar-refractivity contribution in [2.75, 3.05) is 6.61 Å². The minimum Gasteiger partial charge on any atom is -0.417 e. The lowest BCUT2D eigenvalue weighted by Gasteiger charge is -2.36. The minimum absolute atomic E-state index is 0.193. The molecule has 1 aromatic rings. The van der Waals surface area contributed by atoms with Crippen LogP contribution in [0.3, 0.4) is 0 Å². The van der Waals surface area contributed by atoms with Crippen molar-refractivity contribution in [2.24, 2.45) is 0 Å². The van der Waals surface area contributed by atoms with E-state index in [1.54, 1.807) is 0 Å². The zero-order chi connectivity index (χ0) is 16.9. The molecule has 22 heavy (non-hydrogen) atoms. The Morgan fingerprint density at radius 3 is 2.09 bits per heavy atom. The van der Waals surface area contributed by atoms with Crippen LogP contribution in [0.15, 0.2) is 42.5 Å². The molecule has 124 valence electrons. The number of hydrogen-bond donors (Lipinski definition) is 0. The van der Waals surface area contributed by atoms with Crippen molar-refractivity contribution in [3.63, 3.8) is 0 Å². The van der Waals surface area contributed by atoms with E-state index >= 15 is 0 Å². The van der Waals surface area contributed by atoms with Gasteiger partial charge in [-0.2, -0.15) is 0 Å². The predicted octanol–water partition coefficient (Wildman–Crippen LogP) is 6.32. The second-order valence-corrected chi connectivity index (χ2v) is 13.1. The van der Waals surface area contributed by atoms with E-state index in [0.717, 1.165) is 19.4 Å². The van der Waals surface area contributed by atoms with E-state index < -0.39 is 8.32 Å². The van der Waals surface area contributed by atoms with Gasteiger partial charge in [0.05, 0.1) is 0 Å². The highest BCUT2D eigenvalue weighted by Gasteiger charge is 2.36. The molecule has 1 nitrogen and oxygen atoms in total. The standard InChI is InChI=1S/C20H34OSi/c1-19(2,3)22(6,7)21-17-13-9-12-16-20(4,5)18-14-10-8-11-15-18/h8-12,14-15H,13,16-17H2,1-7H3/b12-9+. The molecular formula is C20H34OSi. The SMILES string of the molecule is CC(C)(C/C=C/CCO[Si](C)(C)C(C)(C)C)c1ccccc1. The molecule has 0 bridgehead atoms. The molecule has 1 rings (SSSR count). The van der Waals surface area contributed by atoms with Crippen LogP contribution >= 0.6 is 0 Å². The summed E-state index contributed by atoms with van der Waals surface area (Å²) in [6.45, 7) is 17.0. The minimum atomic E-state index is -1.59. The van der Waals surface area contributed by atoms with Crippen LogP contribution in [0, 0.1) is 0 Å². The maximum Gasteiger partial charge on any atom is 0.191 e. The quantitative estimate of drug-likeness (QED) is 0.324. The van der Waals surface area contributed by atoms with Gasteiger partial charge in [0.2, 0.25) is 0 Å². The highest BCUT2D eigenvalue weighted by atomic mass is 28.4. The Morgan fingerprint density at radius 2 is 1.55 bits per heavy atom. The van der Waals surface area contributed by atoms with Crippen LogP contribution < -0.4 is 0 Å². The number of rotatable bonds is 7. The Hall–Kier alpha value is -0.863. The normalized spacial score (nSPS) is 13.8. The molecule has 0 aliphatic rings. The van der Waals surface area contributed by atoms with Crippen LogP contribution in [-0.4, -0.2) is 14.9 Å². The summed E-state index contributed by atoms with van der Waals surface area (Å²) < 4.78 is 6.20. The summed E-state index contributed by atoms with van der Waals surface area (Å²) >= 11 is 0. The summed E-state index contributed by atoms with van der Waals surface area (Å²) in [4.78, 5) is 0. The highest BCUT2D eigenvalue weighted by Crippen LogP contribution is 2.36. The monoisotopic (exact) mass is 318 g/mol. The third kappa shape index (κ3) is 5.73. The average Bonchev–Trinajstić information content (AvgIpc) is 2.42. The van der Waals surface area contributed by atoms with Crippen molar-refractivity contribution in [1.82, 2.24) is 0 Å². The van der Waals surface area contributed by atoms with E-state index in [1.807, 2.05) is 0 Å². The Kier molecular flexibility index (Phi) is 6.63. The molecule has 0 aliphatic heterocycles. The fraction of sp³-hybridized carbons (Fsp3) is 0.600. The van der Waals surface area contributed by atoms with Crippen LogP contribution in [0.4, 0.5) is 0 Å². The molecule has 1 aromatic carbocycles. The molecule has 0 saturated carbocycles. The second kappa shape index (κ2) is 7.61. The Morgan fingerprint density at radius 1 is 0.955 bits per heavy atom. The molecule has 0 radical (unpaired) electrons. The van der Waals surface area contributed by atoms with Gasteiger partial charge in [-0.25, -0.2) is 0 Å². The molecule has 0 spiro atoms. The van der Waals surface area contributed by atoms with Gasteiger partial charge >= 0.3 is 0 Å². The fourth-order valence-corrected chi connectivity index (χ4v) is 3.16. The van der Waals surface area contributed by atoms with Gasteiger partial charge < -0.3 is 4.43 Å². The van der Waals surface area contributed by atoms with Crippen molar-refractivity contribution in [3.8, 4) is 0 Å². The molecule has 0 saturated heterocycles. The van der Waals surface area contributed by atoms with Crippen LogP contribution in [0.2, 0.25) is 18.1 Å². The number of allylic oxidation sites excluding steroid dienone is 1. The lowest BCUT2D eigenvalue weighted by atomic mass is 9.81. The first-order valence-corrected chi connectivity index (χ1v) is 11.3. The van der Waals surface area contributed by atoms with E-state index in [4.69, 9.17) is 4.43 Å². The van der Waals surface area contributed by atoms with Crippen molar-refractivity contribution in [3.05, 3.63) is 48.0 Å². The first-order chi connectivity index (χ1) is 10.1. The maximum atomic E-state index is 6.20.